The first kappa shape index (κ1) is 29.5. The van der Waals surface area contributed by atoms with Crippen LogP contribution in [0, 0.1) is 12.4 Å². The van der Waals surface area contributed by atoms with Crippen LogP contribution in [0.1, 0.15) is 24.0 Å². The SMILES string of the molecule is C=C/C=C(\C=C)CNC(=C)C1CCCN1C(=C)Cc1cccnc1.N[CH-]c1ccccc1F.[Na+]. The fourth-order valence-electron chi connectivity index (χ4n) is 3.64. The van der Waals surface area contributed by atoms with Gasteiger partial charge in [-0.05, 0) is 30.0 Å². The maximum absolute atomic E-state index is 12.5. The van der Waals surface area contributed by atoms with E-state index in [1.807, 2.05) is 24.4 Å². The molecular weight excluding hydrogens is 434 g/mol. The van der Waals surface area contributed by atoms with E-state index in [2.05, 4.69) is 47.6 Å². The van der Waals surface area contributed by atoms with Gasteiger partial charge in [-0.25, -0.2) is 0 Å². The summed E-state index contributed by atoms with van der Waals surface area (Å²) >= 11 is 0. The minimum Gasteiger partial charge on any atom is -0.383 e. The average molecular weight is 469 g/mol. The molecule has 0 radical (unpaired) electrons. The zero-order valence-corrected chi connectivity index (χ0v) is 22.2. The normalized spacial score (nSPS) is 14.7. The van der Waals surface area contributed by atoms with Crippen LogP contribution in [0.5, 0.6) is 0 Å². The fourth-order valence-corrected chi connectivity index (χ4v) is 3.64. The quantitative estimate of drug-likeness (QED) is 0.319. The number of halogens is 1. The van der Waals surface area contributed by atoms with Crippen molar-refractivity contribution in [2.24, 2.45) is 5.73 Å². The number of pyridine rings is 1. The molecule has 34 heavy (non-hydrogen) atoms. The van der Waals surface area contributed by atoms with Gasteiger partial charge < -0.3 is 16.0 Å². The van der Waals surface area contributed by atoms with Crippen LogP contribution in [0.3, 0.4) is 0 Å². The molecule has 0 saturated carbocycles. The molecule has 174 valence electrons. The van der Waals surface area contributed by atoms with E-state index in [4.69, 9.17) is 5.73 Å². The molecule has 1 aliphatic heterocycles. The number of benzene rings is 1. The Bertz CT molecular complexity index is 971. The number of nitrogens with two attached hydrogens (primary N) is 1. The number of nitrogens with zero attached hydrogens (tertiary/aromatic N) is 2. The molecule has 2 aromatic rings. The minimum absolute atomic E-state index is 0. The van der Waals surface area contributed by atoms with Gasteiger partial charge in [0.05, 0.1) is 6.04 Å². The summed E-state index contributed by atoms with van der Waals surface area (Å²) in [7, 11) is 0. The zero-order valence-electron chi connectivity index (χ0n) is 20.2. The van der Waals surface area contributed by atoms with E-state index >= 15 is 0 Å². The third-order valence-corrected chi connectivity index (χ3v) is 5.39. The molecule has 1 aliphatic rings. The van der Waals surface area contributed by atoms with Gasteiger partial charge >= 0.3 is 29.6 Å². The van der Waals surface area contributed by atoms with E-state index in [0.717, 1.165) is 42.8 Å². The molecule has 4 nitrogen and oxygen atoms in total. The molecule has 1 fully saturated rings. The summed E-state index contributed by atoms with van der Waals surface area (Å²) in [5.41, 5.74) is 9.98. The summed E-state index contributed by atoms with van der Waals surface area (Å²) in [6, 6.07) is 10.7. The number of hydrogen-bond acceptors (Lipinski definition) is 4. The van der Waals surface area contributed by atoms with Crippen molar-refractivity contribution in [3.63, 3.8) is 0 Å². The number of hydrogen-bond donors (Lipinski definition) is 2. The summed E-state index contributed by atoms with van der Waals surface area (Å²) in [4.78, 5) is 6.55. The Kier molecular flexibility index (Phi) is 14.0. The second-order valence-electron chi connectivity index (χ2n) is 7.70. The second kappa shape index (κ2) is 16.1. The molecule has 1 unspecified atom stereocenters. The van der Waals surface area contributed by atoms with Crippen molar-refractivity contribution in [3.8, 4) is 0 Å². The number of aromatic nitrogens is 1. The Labute approximate surface area is 226 Å². The second-order valence-corrected chi connectivity index (χ2v) is 7.70. The molecule has 3 rings (SSSR count). The fraction of sp³-hybridized carbons (Fsp3) is 0.214. The number of likely N-dealkylation sites (tertiary alicyclic amines) is 1. The van der Waals surface area contributed by atoms with Crippen molar-refractivity contribution in [1.82, 2.24) is 15.2 Å². The van der Waals surface area contributed by atoms with Crippen molar-refractivity contribution in [2.45, 2.75) is 25.3 Å². The van der Waals surface area contributed by atoms with Crippen LogP contribution >= 0.6 is 0 Å². The third kappa shape index (κ3) is 9.35. The van der Waals surface area contributed by atoms with Crippen molar-refractivity contribution in [2.75, 3.05) is 13.1 Å². The van der Waals surface area contributed by atoms with Crippen LogP contribution in [-0.2, 0) is 6.42 Å². The maximum Gasteiger partial charge on any atom is 1.00 e. The summed E-state index contributed by atoms with van der Waals surface area (Å²) in [5, 5.41) is 3.43. The molecule has 1 atom stereocenters. The van der Waals surface area contributed by atoms with Gasteiger partial charge in [-0.15, -0.1) is 18.2 Å². The summed E-state index contributed by atoms with van der Waals surface area (Å²) in [6.45, 7) is 19.1. The van der Waals surface area contributed by atoms with E-state index in [1.54, 1.807) is 30.5 Å². The molecule has 0 aliphatic carbocycles. The maximum atomic E-state index is 12.5. The summed E-state index contributed by atoms with van der Waals surface area (Å²) in [6.07, 6.45) is 12.4. The Balaban J connectivity index is 0.000000486. The summed E-state index contributed by atoms with van der Waals surface area (Å²) in [5.74, 6) is -0.278. The van der Waals surface area contributed by atoms with Gasteiger partial charge in [-0.3, -0.25) is 9.37 Å². The number of rotatable bonds is 10. The predicted octanol–water partition coefficient (Wildman–Crippen LogP) is 2.30. The Morgan fingerprint density at radius 2 is 2.00 bits per heavy atom. The topological polar surface area (TPSA) is 54.2 Å². The van der Waals surface area contributed by atoms with E-state index < -0.39 is 0 Å². The smallest absolute Gasteiger partial charge is 0.383 e. The van der Waals surface area contributed by atoms with Gasteiger partial charge in [0.15, 0.2) is 0 Å². The largest absolute Gasteiger partial charge is 1.00 e. The van der Waals surface area contributed by atoms with Gasteiger partial charge in [0.1, 0.15) is 0 Å². The molecule has 0 spiro atoms. The molecule has 1 saturated heterocycles. The minimum atomic E-state index is -0.278. The third-order valence-electron chi connectivity index (χ3n) is 5.39. The molecule has 3 N–H and O–H groups in total. The van der Waals surface area contributed by atoms with Gasteiger partial charge in [0.25, 0.3) is 0 Å². The van der Waals surface area contributed by atoms with Crippen LogP contribution in [0.25, 0.3) is 0 Å². The van der Waals surface area contributed by atoms with Crippen molar-refractivity contribution in [3.05, 3.63) is 134 Å². The first-order valence-electron chi connectivity index (χ1n) is 11.0. The molecule has 1 aromatic carbocycles. The molecule has 0 bridgehead atoms. The number of nitrogens with one attached hydrogen (secondary N) is 1. The van der Waals surface area contributed by atoms with E-state index in [9.17, 15) is 4.39 Å². The molecule has 0 amide bonds. The molecule has 6 heteroatoms. The molecule has 2 heterocycles. The van der Waals surface area contributed by atoms with Crippen LogP contribution in [0.2, 0.25) is 0 Å². The monoisotopic (exact) mass is 468 g/mol. The van der Waals surface area contributed by atoms with Crippen molar-refractivity contribution < 1.29 is 33.9 Å². The molecule has 1 aromatic heterocycles. The average Bonchev–Trinajstić information content (AvgIpc) is 3.33. The van der Waals surface area contributed by atoms with Crippen molar-refractivity contribution in [1.29, 1.82) is 0 Å². The van der Waals surface area contributed by atoms with Gasteiger partial charge in [0.2, 0.25) is 0 Å². The first-order valence-corrected chi connectivity index (χ1v) is 11.0. The standard InChI is InChI=1S/C21H27N3.C7H7FN.Na/c1-5-9-19(6-2)16-23-18(4)21-11-8-13-24(21)17(3)14-20-10-7-12-22-15-20;8-7-4-2-1-3-6(7)5-9;/h5-7,9-10,12,15,21,23H,1-4,8,11,13-14,16H2;1-5H,9H2;/q;-1;+1/b19-9+;;. The number of allylic oxidation sites excluding steroid dienone is 3. The van der Waals surface area contributed by atoms with Gasteiger partial charge in [-0.1, -0.05) is 62.7 Å². The Morgan fingerprint density at radius 1 is 1.24 bits per heavy atom. The van der Waals surface area contributed by atoms with Crippen LogP contribution in [-0.4, -0.2) is 29.0 Å². The molecular formula is C28H34FN4Na. The van der Waals surface area contributed by atoms with E-state index in [1.165, 1.54) is 18.2 Å². The van der Waals surface area contributed by atoms with Crippen molar-refractivity contribution >= 4 is 0 Å². The van der Waals surface area contributed by atoms with Crippen LogP contribution < -0.4 is 40.6 Å². The Hall–Kier alpha value is -2.57. The van der Waals surface area contributed by atoms with E-state index in [0.29, 0.717) is 18.2 Å². The van der Waals surface area contributed by atoms with Gasteiger partial charge in [0, 0.05) is 49.1 Å². The predicted molar refractivity (Wildman–Crippen MR) is 136 cm³/mol. The van der Waals surface area contributed by atoms with Crippen LogP contribution in [0.15, 0.2) is 110 Å². The van der Waals surface area contributed by atoms with Gasteiger partial charge in [-0.2, -0.15) is 6.07 Å². The Morgan fingerprint density at radius 3 is 2.59 bits per heavy atom. The van der Waals surface area contributed by atoms with Crippen LogP contribution in [0.4, 0.5) is 4.39 Å². The van der Waals surface area contributed by atoms with E-state index in [-0.39, 0.29) is 35.4 Å². The zero-order chi connectivity index (χ0) is 24.1. The summed E-state index contributed by atoms with van der Waals surface area (Å²) < 4.78 is 12.5. The first-order chi connectivity index (χ1) is 16.0.